The van der Waals surface area contributed by atoms with Crippen LogP contribution in [0.5, 0.6) is 0 Å². The van der Waals surface area contributed by atoms with Crippen LogP contribution in [0.25, 0.3) is 22.1 Å². The summed E-state index contributed by atoms with van der Waals surface area (Å²) in [6.07, 6.45) is 5.84. The average molecular weight is 485 g/mol. The third-order valence-electron chi connectivity index (χ3n) is 7.83. The van der Waals surface area contributed by atoms with Gasteiger partial charge in [-0.25, -0.2) is 0 Å². The van der Waals surface area contributed by atoms with Crippen LogP contribution in [0, 0.1) is 12.8 Å². The third-order valence-corrected chi connectivity index (χ3v) is 7.83. The van der Waals surface area contributed by atoms with Crippen molar-refractivity contribution in [3.8, 4) is 11.1 Å². The number of aryl methyl sites for hydroxylation is 2. The lowest BCUT2D eigenvalue weighted by Gasteiger charge is -2.40. The van der Waals surface area contributed by atoms with Crippen LogP contribution in [-0.2, 0) is 23.7 Å². The zero-order chi connectivity index (χ0) is 24.9. The number of fused-ring (bicyclic) bond motifs is 1. The number of piperidine rings is 1. The first-order valence-electron chi connectivity index (χ1n) is 12.8. The van der Waals surface area contributed by atoms with E-state index in [0.29, 0.717) is 29.7 Å². The molecule has 1 atom stereocenters. The van der Waals surface area contributed by atoms with Crippen molar-refractivity contribution in [3.63, 3.8) is 0 Å². The standard InChI is InChI=1S/C29H32N4O3/c1-19-6-5-9-33(13-19)14-21-10-20(2)27-24(11-21)26(34)25(15-36-27)22-7-4-8-23(12-22)29(16-35-17-29)28-31-30-18-32(28)3/h4,7-8,10-12,15,18-19H,5-6,9,13-14,16-17H2,1-3H3/t19-/m0/s1. The van der Waals surface area contributed by atoms with Crippen molar-refractivity contribution in [1.82, 2.24) is 19.7 Å². The normalized spacial score (nSPS) is 19.9. The Kier molecular flexibility index (Phi) is 5.77. The van der Waals surface area contributed by atoms with Gasteiger partial charge in [-0.15, -0.1) is 10.2 Å². The molecular weight excluding hydrogens is 452 g/mol. The molecule has 0 amide bonds. The summed E-state index contributed by atoms with van der Waals surface area (Å²) < 4.78 is 13.6. The number of benzene rings is 2. The fraction of sp³-hybridized carbons (Fsp3) is 0.414. The Balaban J connectivity index is 1.39. The lowest BCUT2D eigenvalue weighted by atomic mass is 9.77. The predicted molar refractivity (Wildman–Crippen MR) is 139 cm³/mol. The van der Waals surface area contributed by atoms with E-state index >= 15 is 0 Å². The minimum absolute atomic E-state index is 0.00271. The second kappa shape index (κ2) is 8.98. The maximum atomic E-state index is 13.8. The molecule has 36 heavy (non-hydrogen) atoms. The van der Waals surface area contributed by atoms with Crippen molar-refractivity contribution in [1.29, 1.82) is 0 Å². The van der Waals surface area contributed by atoms with Gasteiger partial charge in [0.05, 0.1) is 24.2 Å². The summed E-state index contributed by atoms with van der Waals surface area (Å²) in [4.78, 5) is 16.3. The van der Waals surface area contributed by atoms with Crippen molar-refractivity contribution in [2.75, 3.05) is 26.3 Å². The fourth-order valence-corrected chi connectivity index (χ4v) is 5.90. The van der Waals surface area contributed by atoms with E-state index in [1.807, 2.05) is 36.7 Å². The molecule has 0 N–H and O–H groups in total. The van der Waals surface area contributed by atoms with Crippen LogP contribution in [0.15, 0.2) is 58.2 Å². The summed E-state index contributed by atoms with van der Waals surface area (Å²) in [5, 5.41) is 9.09. The Labute approximate surface area is 210 Å². The number of ether oxygens (including phenoxy) is 1. The Bertz CT molecular complexity index is 1480. The van der Waals surface area contributed by atoms with E-state index in [4.69, 9.17) is 9.15 Å². The van der Waals surface area contributed by atoms with Crippen molar-refractivity contribution >= 4 is 11.0 Å². The first-order valence-corrected chi connectivity index (χ1v) is 12.8. The van der Waals surface area contributed by atoms with Gasteiger partial charge in [0.25, 0.3) is 0 Å². The molecule has 2 aromatic carbocycles. The topological polar surface area (TPSA) is 73.4 Å². The van der Waals surface area contributed by atoms with E-state index < -0.39 is 0 Å². The molecule has 0 aliphatic carbocycles. The van der Waals surface area contributed by atoms with E-state index in [0.717, 1.165) is 48.1 Å². The quantitative estimate of drug-likeness (QED) is 0.417. The van der Waals surface area contributed by atoms with Crippen LogP contribution in [-0.4, -0.2) is 46.0 Å². The monoisotopic (exact) mass is 484 g/mol. The highest BCUT2D eigenvalue weighted by atomic mass is 16.5. The van der Waals surface area contributed by atoms with Gasteiger partial charge in [-0.2, -0.15) is 0 Å². The summed E-state index contributed by atoms with van der Waals surface area (Å²) in [5.41, 5.74) is 4.93. The van der Waals surface area contributed by atoms with Crippen molar-refractivity contribution in [2.45, 2.75) is 38.6 Å². The molecule has 6 rings (SSSR count). The average Bonchev–Trinajstić information content (AvgIpc) is 3.25. The van der Waals surface area contributed by atoms with Gasteiger partial charge in [0.1, 0.15) is 29.4 Å². The van der Waals surface area contributed by atoms with Gasteiger partial charge < -0.3 is 13.7 Å². The van der Waals surface area contributed by atoms with Crippen LogP contribution >= 0.6 is 0 Å². The number of nitrogens with zero attached hydrogens (tertiary/aromatic N) is 4. The number of hydrogen-bond acceptors (Lipinski definition) is 6. The molecule has 186 valence electrons. The first kappa shape index (κ1) is 23.1. The lowest BCUT2D eigenvalue weighted by molar-refractivity contribution is -0.0435. The summed E-state index contributed by atoms with van der Waals surface area (Å²) in [6, 6.07) is 12.3. The van der Waals surface area contributed by atoms with E-state index in [1.165, 1.54) is 18.4 Å². The van der Waals surface area contributed by atoms with Crippen LogP contribution in [0.1, 0.15) is 42.3 Å². The predicted octanol–water partition coefficient (Wildman–Crippen LogP) is 4.45. The van der Waals surface area contributed by atoms with Gasteiger partial charge in [0, 0.05) is 20.1 Å². The molecule has 0 radical (unpaired) electrons. The van der Waals surface area contributed by atoms with Crippen LogP contribution in [0.2, 0.25) is 0 Å². The fourth-order valence-electron chi connectivity index (χ4n) is 5.90. The van der Waals surface area contributed by atoms with E-state index in [2.05, 4.69) is 40.2 Å². The summed E-state index contributed by atoms with van der Waals surface area (Å²) >= 11 is 0. The van der Waals surface area contributed by atoms with Gasteiger partial charge in [-0.1, -0.05) is 31.2 Å². The first-order chi connectivity index (χ1) is 17.4. The molecule has 0 bridgehead atoms. The summed E-state index contributed by atoms with van der Waals surface area (Å²) in [6.45, 7) is 8.49. The second-order valence-corrected chi connectivity index (χ2v) is 10.7. The van der Waals surface area contributed by atoms with Crippen molar-refractivity contribution in [3.05, 3.63) is 81.7 Å². The SMILES string of the molecule is Cc1cc(CN2CCC[C@H](C)C2)cc2c(=O)c(-c3cccc(C4(c5nncn5C)COC4)c3)coc12. The molecule has 4 aromatic rings. The number of likely N-dealkylation sites (tertiary alicyclic amines) is 1. The maximum Gasteiger partial charge on any atom is 0.200 e. The molecule has 2 saturated heterocycles. The van der Waals surface area contributed by atoms with Gasteiger partial charge in [0.15, 0.2) is 0 Å². The summed E-state index contributed by atoms with van der Waals surface area (Å²) in [7, 11) is 1.95. The van der Waals surface area contributed by atoms with Gasteiger partial charge >= 0.3 is 0 Å². The third kappa shape index (κ3) is 3.87. The molecule has 7 heteroatoms. The Morgan fingerprint density at radius 1 is 1.19 bits per heavy atom. The maximum absolute atomic E-state index is 13.8. The zero-order valence-electron chi connectivity index (χ0n) is 21.2. The molecule has 7 nitrogen and oxygen atoms in total. The number of hydrogen-bond donors (Lipinski definition) is 0. The van der Waals surface area contributed by atoms with Crippen molar-refractivity contribution in [2.24, 2.45) is 13.0 Å². The minimum Gasteiger partial charge on any atom is -0.463 e. The molecule has 0 saturated carbocycles. The zero-order valence-corrected chi connectivity index (χ0v) is 21.2. The highest BCUT2D eigenvalue weighted by Gasteiger charge is 2.46. The van der Waals surface area contributed by atoms with Gasteiger partial charge in [-0.3, -0.25) is 9.69 Å². The van der Waals surface area contributed by atoms with Crippen LogP contribution in [0.3, 0.4) is 0 Å². The smallest absolute Gasteiger partial charge is 0.200 e. The highest BCUT2D eigenvalue weighted by molar-refractivity contribution is 5.84. The Morgan fingerprint density at radius 3 is 2.78 bits per heavy atom. The number of aromatic nitrogens is 3. The van der Waals surface area contributed by atoms with E-state index in [9.17, 15) is 4.79 Å². The molecular formula is C29H32N4O3. The largest absolute Gasteiger partial charge is 0.463 e. The second-order valence-electron chi connectivity index (χ2n) is 10.7. The van der Waals surface area contributed by atoms with E-state index in [-0.39, 0.29) is 10.8 Å². The molecule has 2 aromatic heterocycles. The van der Waals surface area contributed by atoms with Crippen LogP contribution < -0.4 is 5.43 Å². The molecule has 2 fully saturated rings. The van der Waals surface area contributed by atoms with E-state index in [1.54, 1.807) is 12.6 Å². The van der Waals surface area contributed by atoms with Gasteiger partial charge in [-0.05, 0) is 66.6 Å². The molecule has 2 aliphatic rings. The Morgan fingerprint density at radius 2 is 2.06 bits per heavy atom. The molecule has 0 unspecified atom stereocenters. The highest BCUT2D eigenvalue weighted by Crippen LogP contribution is 2.39. The van der Waals surface area contributed by atoms with Crippen molar-refractivity contribution < 1.29 is 9.15 Å². The number of rotatable bonds is 5. The molecule has 4 heterocycles. The van der Waals surface area contributed by atoms with Gasteiger partial charge in [0.2, 0.25) is 5.43 Å². The molecule has 0 spiro atoms. The summed E-state index contributed by atoms with van der Waals surface area (Å²) in [5.74, 6) is 1.58. The Hall–Kier alpha value is -3.29. The molecule has 2 aliphatic heterocycles. The lowest BCUT2D eigenvalue weighted by Crippen LogP contribution is -2.49. The van der Waals surface area contributed by atoms with Crippen LogP contribution in [0.4, 0.5) is 0 Å². The minimum atomic E-state index is -0.367.